The molecule has 0 saturated carbocycles. The molecule has 2 atom stereocenters. The second kappa shape index (κ2) is 5.50. The van der Waals surface area contributed by atoms with E-state index >= 15 is 0 Å². The van der Waals surface area contributed by atoms with Crippen LogP contribution in [0.1, 0.15) is 26.2 Å². The fraction of sp³-hybridized carbons (Fsp3) is 0.833. The second-order valence-electron chi connectivity index (χ2n) is 5.01. The quantitative estimate of drug-likeness (QED) is 0.812. The molecule has 98 valence electrons. The van der Waals surface area contributed by atoms with Crippen LogP contribution in [0.25, 0.3) is 0 Å². The zero-order valence-electron chi connectivity index (χ0n) is 10.4. The molecular weight excluding hydrogens is 236 g/mol. The van der Waals surface area contributed by atoms with Gasteiger partial charge in [-0.05, 0) is 19.4 Å². The van der Waals surface area contributed by atoms with Gasteiger partial charge in [0.15, 0.2) is 9.84 Å². The summed E-state index contributed by atoms with van der Waals surface area (Å²) < 4.78 is 22.9. The maximum atomic E-state index is 11.4. The normalized spacial score (nSPS) is 33.7. The first-order valence-electron chi connectivity index (χ1n) is 6.49. The Kier molecular flexibility index (Phi) is 4.22. The summed E-state index contributed by atoms with van der Waals surface area (Å²) in [7, 11) is -2.93. The fourth-order valence-corrected chi connectivity index (χ4v) is 3.99. The summed E-state index contributed by atoms with van der Waals surface area (Å²) in [6.45, 7) is 5.21. The molecule has 2 heterocycles. The molecule has 1 fully saturated rings. The van der Waals surface area contributed by atoms with Crippen LogP contribution in [0.15, 0.2) is 11.5 Å². The highest BCUT2D eigenvalue weighted by molar-refractivity contribution is 7.94. The Morgan fingerprint density at radius 1 is 1.47 bits per heavy atom. The zero-order valence-corrected chi connectivity index (χ0v) is 11.2. The van der Waals surface area contributed by atoms with Crippen LogP contribution in [-0.2, 0) is 9.84 Å². The molecule has 1 N–H and O–H groups in total. The van der Waals surface area contributed by atoms with Gasteiger partial charge in [0.1, 0.15) is 0 Å². The summed E-state index contributed by atoms with van der Waals surface area (Å²) in [5.41, 5.74) is 0. The minimum atomic E-state index is -2.93. The van der Waals surface area contributed by atoms with Gasteiger partial charge in [-0.3, -0.25) is 4.90 Å². The molecule has 2 rings (SSSR count). The van der Waals surface area contributed by atoms with Crippen LogP contribution in [0.3, 0.4) is 0 Å². The lowest BCUT2D eigenvalue weighted by Crippen LogP contribution is -2.43. The van der Waals surface area contributed by atoms with Crippen LogP contribution in [-0.4, -0.2) is 50.8 Å². The predicted octanol–water partition coefficient (Wildman–Crippen LogP) is 0.761. The molecule has 1 saturated heterocycles. The van der Waals surface area contributed by atoms with Crippen LogP contribution in [0.2, 0.25) is 0 Å². The second-order valence-corrected chi connectivity index (χ2v) is 6.94. The molecule has 0 bridgehead atoms. The summed E-state index contributed by atoms with van der Waals surface area (Å²) in [4.78, 5) is 2.32. The molecule has 2 aliphatic rings. The Bertz CT molecular complexity index is 378. The number of hydrogen-bond acceptors (Lipinski definition) is 4. The third-order valence-corrected chi connectivity index (χ3v) is 4.91. The van der Waals surface area contributed by atoms with Gasteiger partial charge in [-0.15, -0.1) is 0 Å². The van der Waals surface area contributed by atoms with Crippen molar-refractivity contribution in [3.8, 4) is 0 Å². The minimum absolute atomic E-state index is 0.0965. The molecule has 17 heavy (non-hydrogen) atoms. The average molecular weight is 258 g/mol. The number of hydrogen-bond donors (Lipinski definition) is 1. The molecule has 2 aliphatic heterocycles. The summed E-state index contributed by atoms with van der Waals surface area (Å²) in [5.74, 6) is 0.270. The first kappa shape index (κ1) is 13.1. The van der Waals surface area contributed by atoms with Gasteiger partial charge in [-0.1, -0.05) is 19.4 Å². The smallest absolute Gasteiger partial charge is 0.173 e. The third kappa shape index (κ3) is 3.53. The Balaban J connectivity index is 1.98. The molecule has 0 radical (unpaired) electrons. The highest BCUT2D eigenvalue weighted by Crippen LogP contribution is 2.17. The lowest BCUT2D eigenvalue weighted by molar-refractivity contribution is 0.235. The maximum absolute atomic E-state index is 11.4. The van der Waals surface area contributed by atoms with Crippen molar-refractivity contribution in [2.75, 3.05) is 25.4 Å². The van der Waals surface area contributed by atoms with Crippen molar-refractivity contribution < 1.29 is 8.42 Å². The first-order chi connectivity index (χ1) is 8.11. The van der Waals surface area contributed by atoms with Gasteiger partial charge in [-0.2, -0.15) is 0 Å². The van der Waals surface area contributed by atoms with Crippen LogP contribution in [0.5, 0.6) is 0 Å². The lowest BCUT2D eigenvalue weighted by atomic mass is 10.1. The largest absolute Gasteiger partial charge is 0.313 e. The van der Waals surface area contributed by atoms with Gasteiger partial charge in [0, 0.05) is 30.6 Å². The summed E-state index contributed by atoms with van der Waals surface area (Å²) in [5, 5.41) is 4.92. The lowest BCUT2D eigenvalue weighted by Gasteiger charge is -2.28. The Morgan fingerprint density at radius 3 is 2.94 bits per heavy atom. The van der Waals surface area contributed by atoms with Crippen molar-refractivity contribution >= 4 is 9.84 Å². The summed E-state index contributed by atoms with van der Waals surface area (Å²) >= 11 is 0. The van der Waals surface area contributed by atoms with Crippen molar-refractivity contribution in [2.24, 2.45) is 0 Å². The van der Waals surface area contributed by atoms with Crippen LogP contribution >= 0.6 is 0 Å². The summed E-state index contributed by atoms with van der Waals surface area (Å²) in [6.07, 6.45) is 5.29. The first-order valence-corrected chi connectivity index (χ1v) is 8.20. The van der Waals surface area contributed by atoms with Gasteiger partial charge in [0.25, 0.3) is 0 Å². The predicted molar refractivity (Wildman–Crippen MR) is 69.6 cm³/mol. The van der Waals surface area contributed by atoms with Gasteiger partial charge in [0.05, 0.1) is 5.75 Å². The molecule has 0 spiro atoms. The summed E-state index contributed by atoms with van der Waals surface area (Å²) in [6, 6.07) is 0.610. The Morgan fingerprint density at radius 2 is 2.29 bits per heavy atom. The zero-order chi connectivity index (χ0) is 12.3. The van der Waals surface area contributed by atoms with Gasteiger partial charge in [0.2, 0.25) is 0 Å². The molecule has 0 aromatic heterocycles. The van der Waals surface area contributed by atoms with Crippen LogP contribution in [0, 0.1) is 0 Å². The van der Waals surface area contributed by atoms with Gasteiger partial charge >= 0.3 is 0 Å². The van der Waals surface area contributed by atoms with E-state index in [4.69, 9.17) is 0 Å². The van der Waals surface area contributed by atoms with E-state index < -0.39 is 9.84 Å². The van der Waals surface area contributed by atoms with Crippen molar-refractivity contribution in [3.63, 3.8) is 0 Å². The SMILES string of the molecule is CCCC1CN(C2C=CS(=O)(=O)C2)CCCN1. The maximum Gasteiger partial charge on any atom is 0.173 e. The Hall–Kier alpha value is -0.390. The molecule has 5 heteroatoms. The number of nitrogens with zero attached hydrogens (tertiary/aromatic N) is 1. The van der Waals surface area contributed by atoms with Crippen molar-refractivity contribution in [1.29, 1.82) is 0 Å². The van der Waals surface area contributed by atoms with E-state index in [2.05, 4.69) is 17.1 Å². The van der Waals surface area contributed by atoms with E-state index in [0.29, 0.717) is 6.04 Å². The molecular formula is C12H22N2O2S. The van der Waals surface area contributed by atoms with E-state index in [1.54, 1.807) is 0 Å². The van der Waals surface area contributed by atoms with Gasteiger partial charge in [-0.25, -0.2) is 8.42 Å². The van der Waals surface area contributed by atoms with E-state index in [9.17, 15) is 8.42 Å². The van der Waals surface area contributed by atoms with Crippen LogP contribution in [0.4, 0.5) is 0 Å². The molecule has 0 aromatic rings. The van der Waals surface area contributed by atoms with E-state index in [1.165, 1.54) is 18.2 Å². The molecule has 2 unspecified atom stereocenters. The molecule has 0 aromatic carbocycles. The third-order valence-electron chi connectivity index (χ3n) is 3.53. The monoisotopic (exact) mass is 258 g/mol. The number of nitrogens with one attached hydrogen (secondary N) is 1. The number of sulfone groups is 1. The Labute approximate surface area is 104 Å². The van der Waals surface area contributed by atoms with Crippen molar-refractivity contribution in [1.82, 2.24) is 10.2 Å². The average Bonchev–Trinajstić information content (AvgIpc) is 2.50. The highest BCUT2D eigenvalue weighted by Gasteiger charge is 2.29. The van der Waals surface area contributed by atoms with Crippen molar-refractivity contribution in [2.45, 2.75) is 38.3 Å². The standard InChI is InChI=1S/C12H22N2O2S/c1-2-4-11-9-14(7-3-6-13-11)12-5-8-17(15,16)10-12/h5,8,11-13H,2-4,6-7,9-10H2,1H3. The molecule has 0 aliphatic carbocycles. The molecule has 0 amide bonds. The van der Waals surface area contributed by atoms with Gasteiger partial charge < -0.3 is 5.32 Å². The molecule has 4 nitrogen and oxygen atoms in total. The van der Waals surface area contributed by atoms with E-state index in [0.717, 1.165) is 26.1 Å². The van der Waals surface area contributed by atoms with E-state index in [-0.39, 0.29) is 11.8 Å². The van der Waals surface area contributed by atoms with Crippen molar-refractivity contribution in [3.05, 3.63) is 11.5 Å². The minimum Gasteiger partial charge on any atom is -0.313 e. The highest BCUT2D eigenvalue weighted by atomic mass is 32.2. The fourth-order valence-electron chi connectivity index (χ4n) is 2.66. The number of rotatable bonds is 3. The van der Waals surface area contributed by atoms with Crippen LogP contribution < -0.4 is 5.32 Å². The van der Waals surface area contributed by atoms with E-state index in [1.807, 2.05) is 6.08 Å². The topological polar surface area (TPSA) is 49.4 Å².